The minimum atomic E-state index is -1.02. The van der Waals surface area contributed by atoms with Gasteiger partial charge in [0.15, 0.2) is 11.0 Å². The van der Waals surface area contributed by atoms with Crippen molar-refractivity contribution in [1.82, 2.24) is 9.97 Å². The van der Waals surface area contributed by atoms with E-state index >= 15 is 0 Å². The van der Waals surface area contributed by atoms with Gasteiger partial charge in [-0.3, -0.25) is 4.79 Å². The van der Waals surface area contributed by atoms with Crippen LogP contribution in [0.25, 0.3) is 0 Å². The molecule has 1 aliphatic carbocycles. The Hall–Kier alpha value is -0.950. The SMILES string of the molecule is CC1(C)C2OCCC2C1(N)C(=O)Nc1ncnc(Cl)c1Cl. The van der Waals surface area contributed by atoms with Crippen molar-refractivity contribution in [2.75, 3.05) is 11.9 Å². The molecule has 0 spiro atoms. The number of rotatable bonds is 2. The molecule has 2 heterocycles. The van der Waals surface area contributed by atoms with Crippen LogP contribution in [-0.2, 0) is 9.53 Å². The number of hydrogen-bond acceptors (Lipinski definition) is 5. The average molecular weight is 331 g/mol. The van der Waals surface area contributed by atoms with Crippen LogP contribution in [0.5, 0.6) is 0 Å². The summed E-state index contributed by atoms with van der Waals surface area (Å²) in [6, 6.07) is 0. The lowest BCUT2D eigenvalue weighted by Gasteiger charge is -2.60. The second kappa shape index (κ2) is 4.78. The molecule has 6 nitrogen and oxygen atoms in total. The van der Waals surface area contributed by atoms with Crippen LogP contribution < -0.4 is 11.1 Å². The lowest BCUT2D eigenvalue weighted by atomic mass is 9.48. The molecule has 1 aromatic heterocycles. The second-order valence-corrected chi connectivity index (χ2v) is 6.79. The molecule has 0 bridgehead atoms. The number of nitrogens with two attached hydrogens (primary N) is 1. The fourth-order valence-corrected chi connectivity index (χ4v) is 3.77. The lowest BCUT2D eigenvalue weighted by Crippen LogP contribution is -2.79. The number of ether oxygens (including phenoxy) is 1. The number of nitrogens with zero attached hydrogens (tertiary/aromatic N) is 2. The van der Waals surface area contributed by atoms with Gasteiger partial charge in [0.25, 0.3) is 0 Å². The van der Waals surface area contributed by atoms with Crippen LogP contribution in [0, 0.1) is 11.3 Å². The zero-order valence-corrected chi connectivity index (χ0v) is 13.2. The minimum absolute atomic E-state index is 0.00332. The molecule has 21 heavy (non-hydrogen) atoms. The Bertz CT molecular complexity index is 610. The number of halogens is 2. The van der Waals surface area contributed by atoms with E-state index in [1.165, 1.54) is 6.33 Å². The van der Waals surface area contributed by atoms with Gasteiger partial charge in [0, 0.05) is 17.9 Å². The summed E-state index contributed by atoms with van der Waals surface area (Å²) >= 11 is 11.8. The van der Waals surface area contributed by atoms with Gasteiger partial charge in [-0.15, -0.1) is 0 Å². The first kappa shape index (κ1) is 15.0. The van der Waals surface area contributed by atoms with Gasteiger partial charge >= 0.3 is 0 Å². The van der Waals surface area contributed by atoms with Crippen molar-refractivity contribution in [3.05, 3.63) is 16.5 Å². The Balaban J connectivity index is 1.87. The van der Waals surface area contributed by atoms with Crippen molar-refractivity contribution in [2.24, 2.45) is 17.1 Å². The number of carbonyl (C=O) groups excluding carboxylic acids is 1. The quantitative estimate of drug-likeness (QED) is 0.808. The van der Waals surface area contributed by atoms with Gasteiger partial charge in [-0.05, 0) is 6.42 Å². The minimum Gasteiger partial charge on any atom is -0.377 e. The summed E-state index contributed by atoms with van der Waals surface area (Å²) < 4.78 is 5.67. The van der Waals surface area contributed by atoms with Crippen LogP contribution in [0.15, 0.2) is 6.33 Å². The van der Waals surface area contributed by atoms with Gasteiger partial charge < -0.3 is 15.8 Å². The third-order valence-electron chi connectivity index (χ3n) is 4.81. The predicted molar refractivity (Wildman–Crippen MR) is 79.2 cm³/mol. The third-order valence-corrected chi connectivity index (χ3v) is 5.55. The van der Waals surface area contributed by atoms with Crippen molar-refractivity contribution < 1.29 is 9.53 Å². The van der Waals surface area contributed by atoms with Crippen LogP contribution in [0.2, 0.25) is 10.2 Å². The van der Waals surface area contributed by atoms with E-state index in [1.54, 1.807) is 0 Å². The number of aromatic nitrogens is 2. The van der Waals surface area contributed by atoms with Gasteiger partial charge in [0.05, 0.1) is 6.10 Å². The molecule has 1 amide bonds. The zero-order chi connectivity index (χ0) is 15.4. The second-order valence-electron chi connectivity index (χ2n) is 6.06. The Morgan fingerprint density at radius 1 is 1.48 bits per heavy atom. The highest BCUT2D eigenvalue weighted by Gasteiger charge is 2.71. The summed E-state index contributed by atoms with van der Waals surface area (Å²) in [5.41, 5.74) is 4.96. The van der Waals surface area contributed by atoms with E-state index in [-0.39, 0.29) is 33.9 Å². The van der Waals surface area contributed by atoms with Crippen LogP contribution in [0.4, 0.5) is 5.82 Å². The first-order chi connectivity index (χ1) is 9.80. The molecule has 0 radical (unpaired) electrons. The van der Waals surface area contributed by atoms with Gasteiger partial charge in [0.2, 0.25) is 5.91 Å². The Labute approximate surface area is 132 Å². The highest BCUT2D eigenvalue weighted by molar-refractivity contribution is 6.43. The van der Waals surface area contributed by atoms with Gasteiger partial charge in [-0.2, -0.15) is 0 Å². The fourth-order valence-electron chi connectivity index (χ4n) is 3.49. The van der Waals surface area contributed by atoms with Crippen LogP contribution >= 0.6 is 23.2 Å². The maximum atomic E-state index is 12.7. The molecule has 114 valence electrons. The molecule has 3 N–H and O–H groups in total. The zero-order valence-electron chi connectivity index (χ0n) is 11.7. The highest BCUT2D eigenvalue weighted by atomic mass is 35.5. The fraction of sp³-hybridized carbons (Fsp3) is 0.615. The largest absolute Gasteiger partial charge is 0.377 e. The van der Waals surface area contributed by atoms with Gasteiger partial charge in [-0.25, -0.2) is 9.97 Å². The van der Waals surface area contributed by atoms with E-state index in [2.05, 4.69) is 15.3 Å². The first-order valence-corrected chi connectivity index (χ1v) is 7.43. The summed E-state index contributed by atoms with van der Waals surface area (Å²) in [7, 11) is 0. The van der Waals surface area contributed by atoms with Gasteiger partial charge in [0.1, 0.15) is 16.9 Å². The van der Waals surface area contributed by atoms with E-state index in [9.17, 15) is 4.79 Å². The number of anilines is 1. The van der Waals surface area contributed by atoms with Crippen LogP contribution in [0.3, 0.4) is 0 Å². The van der Waals surface area contributed by atoms with Crippen LogP contribution in [0.1, 0.15) is 20.3 Å². The highest BCUT2D eigenvalue weighted by Crippen LogP contribution is 2.58. The topological polar surface area (TPSA) is 90.1 Å². The molecule has 2 aliphatic rings. The molecule has 2 fully saturated rings. The standard InChI is InChI=1S/C13H16Cl2N4O2/c1-12(2)8-6(3-4-21-8)13(12,16)11(20)19-10-7(14)9(15)17-5-18-10/h5-6,8H,3-4,16H2,1-2H3,(H,17,18,19,20). The van der Waals surface area contributed by atoms with Gasteiger partial charge in [-0.1, -0.05) is 37.0 Å². The lowest BCUT2D eigenvalue weighted by molar-refractivity contribution is -0.170. The average Bonchev–Trinajstić information content (AvgIpc) is 2.91. The maximum Gasteiger partial charge on any atom is 0.246 e. The van der Waals surface area contributed by atoms with E-state index in [0.717, 1.165) is 6.42 Å². The Morgan fingerprint density at radius 2 is 2.19 bits per heavy atom. The van der Waals surface area contributed by atoms with E-state index in [4.69, 9.17) is 33.7 Å². The molecule has 0 aromatic carbocycles. The molecular formula is C13H16Cl2N4O2. The van der Waals surface area contributed by atoms with E-state index < -0.39 is 11.0 Å². The molecule has 1 saturated carbocycles. The molecule has 3 atom stereocenters. The first-order valence-electron chi connectivity index (χ1n) is 6.68. The molecule has 1 aromatic rings. The molecule has 3 unspecified atom stereocenters. The van der Waals surface area contributed by atoms with Crippen LogP contribution in [-0.4, -0.2) is 34.1 Å². The smallest absolute Gasteiger partial charge is 0.246 e. The Kier molecular flexibility index (Phi) is 3.40. The van der Waals surface area contributed by atoms with E-state index in [0.29, 0.717) is 6.61 Å². The summed E-state index contributed by atoms with van der Waals surface area (Å²) in [5.74, 6) is -0.149. The predicted octanol–water partition coefficient (Wildman–Crippen LogP) is 1.86. The molecular weight excluding hydrogens is 315 g/mol. The van der Waals surface area contributed by atoms with Crippen molar-refractivity contribution in [3.8, 4) is 0 Å². The number of fused-ring (bicyclic) bond motifs is 1. The number of carbonyl (C=O) groups is 1. The molecule has 8 heteroatoms. The summed E-state index contributed by atoms with van der Waals surface area (Å²) in [4.78, 5) is 20.4. The number of nitrogens with one attached hydrogen (secondary N) is 1. The number of amides is 1. The summed E-state index contributed by atoms with van der Waals surface area (Å²) in [6.07, 6.45) is 2.02. The summed E-state index contributed by atoms with van der Waals surface area (Å²) in [5, 5.41) is 2.86. The monoisotopic (exact) mass is 330 g/mol. The third kappa shape index (κ3) is 1.90. The molecule has 1 aliphatic heterocycles. The maximum absolute atomic E-state index is 12.7. The van der Waals surface area contributed by atoms with Crippen molar-refractivity contribution >= 4 is 34.9 Å². The molecule has 1 saturated heterocycles. The summed E-state index contributed by atoms with van der Waals surface area (Å²) in [6.45, 7) is 4.51. The number of hydrogen-bond donors (Lipinski definition) is 2. The van der Waals surface area contributed by atoms with Crippen molar-refractivity contribution in [1.29, 1.82) is 0 Å². The van der Waals surface area contributed by atoms with Crippen molar-refractivity contribution in [2.45, 2.75) is 31.9 Å². The Morgan fingerprint density at radius 3 is 2.90 bits per heavy atom. The van der Waals surface area contributed by atoms with E-state index in [1.807, 2.05) is 13.8 Å². The molecule has 3 rings (SSSR count). The normalized spacial score (nSPS) is 33.2. The van der Waals surface area contributed by atoms with Crippen molar-refractivity contribution in [3.63, 3.8) is 0 Å².